The first kappa shape index (κ1) is 30.4. The number of halogens is 3. The number of carbonyl (C=O) groups excluding carboxylic acids is 2. The van der Waals surface area contributed by atoms with Crippen molar-refractivity contribution < 1.29 is 18.4 Å². The van der Waals surface area contributed by atoms with Crippen molar-refractivity contribution >= 4 is 40.8 Å². The summed E-state index contributed by atoms with van der Waals surface area (Å²) in [4.78, 5) is 27.8. The molecule has 0 bridgehead atoms. The Morgan fingerprint density at radius 2 is 1.74 bits per heavy atom. The van der Waals surface area contributed by atoms with E-state index in [1.54, 1.807) is 29.2 Å². The van der Waals surface area contributed by atoms with Gasteiger partial charge >= 0.3 is 0 Å². The number of hydrogen-bond donors (Lipinski definition) is 2. The number of fused-ring (bicyclic) bond motifs is 2. The summed E-state index contributed by atoms with van der Waals surface area (Å²) < 4.78 is 26.9. The van der Waals surface area contributed by atoms with E-state index >= 15 is 0 Å². The molecule has 2 heterocycles. The summed E-state index contributed by atoms with van der Waals surface area (Å²) in [5.41, 5.74) is 4.46. The zero-order valence-electron chi connectivity index (χ0n) is 22.5. The highest BCUT2D eigenvalue weighted by molar-refractivity contribution is 5.98. The Labute approximate surface area is 233 Å². The number of aryl methyl sites for hydroxylation is 1. The molecular weight excluding hydrogens is 528 g/mol. The summed E-state index contributed by atoms with van der Waals surface area (Å²) in [5, 5.41) is 14.8. The van der Waals surface area contributed by atoms with Crippen molar-refractivity contribution in [1.29, 1.82) is 0 Å². The maximum atomic E-state index is 13.3. The third kappa shape index (κ3) is 7.51. The van der Waals surface area contributed by atoms with E-state index in [1.165, 1.54) is 15.8 Å². The Bertz CT molecular complexity index is 1260. The van der Waals surface area contributed by atoms with Crippen LogP contribution in [0.25, 0.3) is 10.9 Å². The molecule has 0 spiro atoms. The van der Waals surface area contributed by atoms with E-state index in [4.69, 9.17) is 0 Å². The van der Waals surface area contributed by atoms with Gasteiger partial charge in [-0.25, -0.2) is 13.8 Å². The van der Waals surface area contributed by atoms with Gasteiger partial charge in [0.2, 0.25) is 5.91 Å². The van der Waals surface area contributed by atoms with Gasteiger partial charge in [-0.2, -0.15) is 5.10 Å². The van der Waals surface area contributed by atoms with Crippen LogP contribution < -0.4 is 15.5 Å². The fourth-order valence-electron chi connectivity index (χ4n) is 4.67. The maximum Gasteiger partial charge on any atom is 0.257 e. The average molecular weight is 564 g/mol. The number of alkyl halides is 2. The number of anilines is 1. The van der Waals surface area contributed by atoms with Crippen LogP contribution in [0.4, 0.5) is 14.5 Å². The lowest BCUT2D eigenvalue weighted by Crippen LogP contribution is -2.47. The van der Waals surface area contributed by atoms with Crippen molar-refractivity contribution in [2.75, 3.05) is 44.7 Å². The number of hydrogen-bond acceptors (Lipinski definition) is 6. The number of rotatable bonds is 12. The summed E-state index contributed by atoms with van der Waals surface area (Å²) in [7, 11) is 1.74. The first-order valence-electron chi connectivity index (χ1n) is 12.8. The van der Waals surface area contributed by atoms with Crippen LogP contribution >= 0.6 is 12.4 Å². The lowest BCUT2D eigenvalue weighted by molar-refractivity contribution is -0.145. The fraction of sp³-hybridized carbons (Fsp3) is 0.444. The molecule has 4 rings (SSSR count). The van der Waals surface area contributed by atoms with Crippen LogP contribution in [0.3, 0.4) is 0 Å². The minimum absolute atomic E-state index is 0. The van der Waals surface area contributed by atoms with Crippen molar-refractivity contribution in [1.82, 2.24) is 30.4 Å². The quantitative estimate of drug-likeness (QED) is 0.330. The van der Waals surface area contributed by atoms with E-state index in [2.05, 4.69) is 27.9 Å². The molecule has 0 unspecified atom stereocenters. The highest BCUT2D eigenvalue weighted by Crippen LogP contribution is 2.27. The second-order valence-corrected chi connectivity index (χ2v) is 9.45. The number of carbonyl (C=O) groups is 2. The lowest BCUT2D eigenvalue weighted by atomic mass is 10.1. The molecule has 3 aromatic rings. The third-order valence-electron chi connectivity index (χ3n) is 6.71. The molecule has 2 N–H and O–H groups in total. The standard InChI is InChI=1S/C27H35F2N7O2.ClH/c1-4-30-9-10-36(24-12-23-22(11-19(24)2)15-34(32-23)18-25(28)29)27(38)14-31-13-26(37)33(3)35-16-20-7-5-6-8-21(20)17-35;/h5-8,11-12,15,25,30-31H,4,9-10,13-14,16-18H2,1-3H3;1H. The largest absolute Gasteiger partial charge is 0.315 e. The van der Waals surface area contributed by atoms with Gasteiger partial charge in [0.15, 0.2) is 0 Å². The van der Waals surface area contributed by atoms with Crippen molar-refractivity contribution in [2.45, 2.75) is 39.9 Å². The summed E-state index contributed by atoms with van der Waals surface area (Å²) in [6.07, 6.45) is -0.914. The van der Waals surface area contributed by atoms with Crippen LogP contribution in [0.15, 0.2) is 42.6 Å². The maximum absolute atomic E-state index is 13.3. The van der Waals surface area contributed by atoms with Crippen LogP contribution in [0.5, 0.6) is 0 Å². The first-order valence-corrected chi connectivity index (χ1v) is 12.8. The predicted octanol–water partition coefficient (Wildman–Crippen LogP) is 2.95. The van der Waals surface area contributed by atoms with Gasteiger partial charge in [0.1, 0.15) is 6.54 Å². The normalized spacial score (nSPS) is 13.0. The Hall–Kier alpha value is -3.12. The molecule has 0 atom stereocenters. The van der Waals surface area contributed by atoms with Crippen molar-refractivity contribution in [2.24, 2.45) is 0 Å². The molecule has 0 saturated carbocycles. The number of benzene rings is 2. The lowest BCUT2D eigenvalue weighted by Gasteiger charge is -2.28. The van der Waals surface area contributed by atoms with Gasteiger partial charge in [-0.1, -0.05) is 31.2 Å². The molecule has 2 amide bonds. The molecule has 12 heteroatoms. The van der Waals surface area contributed by atoms with Gasteiger partial charge in [0.25, 0.3) is 12.3 Å². The number of amides is 2. The van der Waals surface area contributed by atoms with E-state index < -0.39 is 13.0 Å². The molecule has 0 radical (unpaired) electrons. The minimum atomic E-state index is -2.50. The summed E-state index contributed by atoms with van der Waals surface area (Å²) in [6.45, 7) is 6.48. The SMILES string of the molecule is CCNCCN(C(=O)CNCC(=O)N(C)N1Cc2ccccc2C1)c1cc2nn(CC(F)F)cc2cc1C.Cl. The molecule has 39 heavy (non-hydrogen) atoms. The van der Waals surface area contributed by atoms with Crippen LogP contribution in [0.1, 0.15) is 23.6 Å². The highest BCUT2D eigenvalue weighted by Gasteiger charge is 2.25. The van der Waals surface area contributed by atoms with Gasteiger partial charge in [-0.05, 0) is 42.3 Å². The van der Waals surface area contributed by atoms with Gasteiger partial charge < -0.3 is 10.2 Å². The fourth-order valence-corrected chi connectivity index (χ4v) is 4.67. The smallest absolute Gasteiger partial charge is 0.257 e. The molecular formula is C27H36ClF2N7O2. The van der Waals surface area contributed by atoms with Crippen LogP contribution in [0.2, 0.25) is 0 Å². The van der Waals surface area contributed by atoms with Crippen molar-refractivity contribution in [3.63, 3.8) is 0 Å². The molecule has 1 aliphatic heterocycles. The zero-order chi connectivity index (χ0) is 27.2. The Kier molecular flexibility index (Phi) is 10.8. The predicted molar refractivity (Wildman–Crippen MR) is 150 cm³/mol. The second kappa shape index (κ2) is 13.8. The molecule has 1 aromatic heterocycles. The molecule has 9 nitrogen and oxygen atoms in total. The Balaban J connectivity index is 0.00000420. The Morgan fingerprint density at radius 1 is 1.08 bits per heavy atom. The zero-order valence-corrected chi connectivity index (χ0v) is 23.3. The molecule has 0 fully saturated rings. The van der Waals surface area contributed by atoms with E-state index in [0.717, 1.165) is 17.5 Å². The van der Waals surface area contributed by atoms with Crippen LogP contribution in [0, 0.1) is 6.92 Å². The third-order valence-corrected chi connectivity index (χ3v) is 6.71. The van der Waals surface area contributed by atoms with E-state index in [-0.39, 0.29) is 37.3 Å². The van der Waals surface area contributed by atoms with Gasteiger partial charge in [0.05, 0.1) is 18.6 Å². The molecule has 212 valence electrons. The first-order chi connectivity index (χ1) is 18.3. The van der Waals surface area contributed by atoms with Crippen molar-refractivity contribution in [3.05, 3.63) is 59.3 Å². The number of nitrogens with one attached hydrogen (secondary N) is 2. The molecule has 0 saturated heterocycles. The van der Waals surface area contributed by atoms with Gasteiger partial charge in [-0.3, -0.25) is 24.6 Å². The van der Waals surface area contributed by atoms with Crippen molar-refractivity contribution in [3.8, 4) is 0 Å². The number of nitrogens with zero attached hydrogens (tertiary/aromatic N) is 5. The van der Waals surface area contributed by atoms with Crippen LogP contribution in [-0.4, -0.2) is 77.8 Å². The van der Waals surface area contributed by atoms with Gasteiger partial charge in [0, 0.05) is 50.5 Å². The average Bonchev–Trinajstić information content (AvgIpc) is 3.48. The molecule has 1 aliphatic rings. The number of aromatic nitrogens is 2. The van der Waals surface area contributed by atoms with E-state index in [1.807, 2.05) is 37.1 Å². The minimum Gasteiger partial charge on any atom is -0.315 e. The topological polar surface area (TPSA) is 85.7 Å². The van der Waals surface area contributed by atoms with E-state index in [9.17, 15) is 18.4 Å². The summed E-state index contributed by atoms with van der Waals surface area (Å²) >= 11 is 0. The van der Waals surface area contributed by atoms with Gasteiger partial charge in [-0.15, -0.1) is 12.4 Å². The molecule has 2 aromatic carbocycles. The second-order valence-electron chi connectivity index (χ2n) is 9.45. The summed E-state index contributed by atoms with van der Waals surface area (Å²) in [5.74, 6) is -0.326. The number of hydrazine groups is 1. The monoisotopic (exact) mass is 563 g/mol. The molecule has 0 aliphatic carbocycles. The summed E-state index contributed by atoms with van der Waals surface area (Å²) in [6, 6.07) is 11.7. The number of likely N-dealkylation sites (N-methyl/N-ethyl adjacent to an activating group) is 2. The highest BCUT2D eigenvalue weighted by atomic mass is 35.5. The van der Waals surface area contributed by atoms with Crippen LogP contribution in [-0.2, 0) is 29.2 Å². The van der Waals surface area contributed by atoms with E-state index in [0.29, 0.717) is 37.4 Å². The Morgan fingerprint density at radius 3 is 2.38 bits per heavy atom.